The number of benzene rings is 1. The van der Waals surface area contributed by atoms with Gasteiger partial charge in [-0.3, -0.25) is 4.99 Å². The fraction of sp³-hybridized carbons (Fsp3) is 0.682. The minimum Gasteiger partial charge on any atom is -0.496 e. The summed E-state index contributed by atoms with van der Waals surface area (Å²) in [6.45, 7) is 5.80. The molecule has 1 saturated heterocycles. The first-order valence-electron chi connectivity index (χ1n) is 10.4. The zero-order valence-electron chi connectivity index (χ0n) is 17.6. The minimum absolute atomic E-state index is 0. The monoisotopic (exact) mass is 501 g/mol. The van der Waals surface area contributed by atoms with Crippen molar-refractivity contribution in [3.63, 3.8) is 0 Å². The van der Waals surface area contributed by atoms with Gasteiger partial charge in [0.25, 0.3) is 0 Å². The predicted molar refractivity (Wildman–Crippen MR) is 126 cm³/mol. The highest BCUT2D eigenvalue weighted by Gasteiger charge is 2.38. The Bertz CT molecular complexity index is 624. The molecular weight excluding hydrogens is 465 g/mol. The van der Waals surface area contributed by atoms with Crippen LogP contribution < -0.4 is 10.1 Å². The lowest BCUT2D eigenvalue weighted by Gasteiger charge is -2.37. The average molecular weight is 501 g/mol. The van der Waals surface area contributed by atoms with Gasteiger partial charge in [-0.25, -0.2) is 0 Å². The molecule has 158 valence electrons. The summed E-state index contributed by atoms with van der Waals surface area (Å²) < 4.78 is 11.5. The molecule has 0 atom stereocenters. The van der Waals surface area contributed by atoms with E-state index >= 15 is 0 Å². The number of hydrogen-bond acceptors (Lipinski definition) is 3. The third-order valence-corrected chi connectivity index (χ3v) is 6.18. The largest absolute Gasteiger partial charge is 0.496 e. The normalized spacial score (nSPS) is 20.0. The first-order chi connectivity index (χ1) is 13.2. The maximum atomic E-state index is 5.78. The van der Waals surface area contributed by atoms with E-state index in [9.17, 15) is 0 Å². The van der Waals surface area contributed by atoms with Crippen LogP contribution in [0.25, 0.3) is 0 Å². The second-order valence-electron chi connectivity index (χ2n) is 7.73. The molecule has 1 aromatic carbocycles. The van der Waals surface area contributed by atoms with E-state index in [1.54, 1.807) is 7.11 Å². The molecular formula is C22H36IN3O2. The lowest BCUT2D eigenvalue weighted by atomic mass is 9.78. The topological polar surface area (TPSA) is 46.1 Å². The van der Waals surface area contributed by atoms with Crippen molar-refractivity contribution in [2.24, 2.45) is 4.99 Å². The Morgan fingerprint density at radius 3 is 2.50 bits per heavy atom. The highest BCUT2D eigenvalue weighted by Crippen LogP contribution is 2.44. The Balaban J connectivity index is 0.00000280. The Morgan fingerprint density at radius 1 is 1.21 bits per heavy atom. The van der Waals surface area contributed by atoms with Gasteiger partial charge in [-0.2, -0.15) is 0 Å². The molecule has 1 heterocycles. The summed E-state index contributed by atoms with van der Waals surface area (Å²) in [4.78, 5) is 6.95. The van der Waals surface area contributed by atoms with E-state index in [1.165, 1.54) is 31.2 Å². The van der Waals surface area contributed by atoms with Crippen molar-refractivity contribution < 1.29 is 9.47 Å². The smallest absolute Gasteiger partial charge is 0.193 e. The maximum absolute atomic E-state index is 5.78. The first kappa shape index (κ1) is 23.3. The second kappa shape index (κ2) is 11.2. The molecule has 5 nitrogen and oxygen atoms in total. The second-order valence-corrected chi connectivity index (χ2v) is 7.73. The Kier molecular flexibility index (Phi) is 9.34. The fourth-order valence-electron chi connectivity index (χ4n) is 4.73. The van der Waals surface area contributed by atoms with Crippen LogP contribution in [0.4, 0.5) is 0 Å². The van der Waals surface area contributed by atoms with Crippen LogP contribution in [0, 0.1) is 0 Å². The standard InChI is InChI=1S/C22H35N3O2.HI/c1-4-27-18-11-15-25(16-12-18)21(23-2)24-17-22(13-7-8-14-22)19-9-5-6-10-20(19)26-3;/h5-6,9-10,18H,4,7-8,11-17H2,1-3H3,(H,23,24);1H. The molecule has 3 rings (SSSR count). The quantitative estimate of drug-likeness (QED) is 0.361. The molecule has 1 N–H and O–H groups in total. The molecule has 1 aliphatic heterocycles. The lowest BCUT2D eigenvalue weighted by molar-refractivity contribution is 0.0263. The summed E-state index contributed by atoms with van der Waals surface area (Å²) in [6.07, 6.45) is 7.50. The third-order valence-electron chi connectivity index (χ3n) is 6.18. The van der Waals surface area contributed by atoms with E-state index in [4.69, 9.17) is 9.47 Å². The van der Waals surface area contributed by atoms with Crippen LogP contribution in [0.3, 0.4) is 0 Å². The number of para-hydroxylation sites is 1. The van der Waals surface area contributed by atoms with Crippen LogP contribution in [0.2, 0.25) is 0 Å². The molecule has 0 unspecified atom stereocenters. The Hall–Kier alpha value is -1.02. The third kappa shape index (κ3) is 5.32. The number of methoxy groups -OCH3 is 1. The van der Waals surface area contributed by atoms with Gasteiger partial charge in [0.1, 0.15) is 5.75 Å². The molecule has 0 spiro atoms. The summed E-state index contributed by atoms with van der Waals surface area (Å²) in [7, 11) is 3.66. The number of nitrogens with zero attached hydrogens (tertiary/aromatic N) is 2. The Morgan fingerprint density at radius 2 is 1.89 bits per heavy atom. The highest BCUT2D eigenvalue weighted by atomic mass is 127. The molecule has 0 radical (unpaired) electrons. The number of likely N-dealkylation sites (tertiary alicyclic amines) is 1. The van der Waals surface area contributed by atoms with Crippen LogP contribution in [0.5, 0.6) is 5.75 Å². The van der Waals surface area contributed by atoms with Crippen molar-refractivity contribution in [3.8, 4) is 5.75 Å². The summed E-state index contributed by atoms with van der Waals surface area (Å²) in [5.41, 5.74) is 1.47. The number of rotatable bonds is 6. The summed E-state index contributed by atoms with van der Waals surface area (Å²) in [5.74, 6) is 2.03. The maximum Gasteiger partial charge on any atom is 0.193 e. The molecule has 0 aromatic heterocycles. The van der Waals surface area contributed by atoms with Crippen molar-refractivity contribution >= 4 is 29.9 Å². The van der Waals surface area contributed by atoms with E-state index in [2.05, 4.69) is 46.4 Å². The molecule has 0 bridgehead atoms. The van der Waals surface area contributed by atoms with E-state index < -0.39 is 0 Å². The average Bonchev–Trinajstić information content (AvgIpc) is 3.20. The predicted octanol–water partition coefficient (Wildman–Crippen LogP) is 4.20. The van der Waals surface area contributed by atoms with Crippen LogP contribution in [0.15, 0.2) is 29.3 Å². The number of halogens is 1. The van der Waals surface area contributed by atoms with E-state index in [-0.39, 0.29) is 29.4 Å². The van der Waals surface area contributed by atoms with Gasteiger partial charge in [0.15, 0.2) is 5.96 Å². The van der Waals surface area contributed by atoms with Crippen LogP contribution >= 0.6 is 24.0 Å². The van der Waals surface area contributed by atoms with E-state index in [1.807, 2.05) is 7.05 Å². The molecule has 28 heavy (non-hydrogen) atoms. The van der Waals surface area contributed by atoms with Crippen molar-refractivity contribution in [1.82, 2.24) is 10.2 Å². The van der Waals surface area contributed by atoms with E-state index in [0.717, 1.165) is 50.8 Å². The van der Waals surface area contributed by atoms with Crippen LogP contribution in [0.1, 0.15) is 51.0 Å². The zero-order valence-corrected chi connectivity index (χ0v) is 19.9. The van der Waals surface area contributed by atoms with Gasteiger partial charge >= 0.3 is 0 Å². The fourth-order valence-corrected chi connectivity index (χ4v) is 4.73. The molecule has 6 heteroatoms. The van der Waals surface area contributed by atoms with Crippen LogP contribution in [-0.4, -0.2) is 57.4 Å². The number of aliphatic imine (C=N–C) groups is 1. The SMILES string of the molecule is CCOC1CCN(C(=NC)NCC2(c3ccccc3OC)CCCC2)CC1.I. The van der Waals surface area contributed by atoms with Crippen molar-refractivity contribution in [2.45, 2.75) is 57.0 Å². The van der Waals surface area contributed by atoms with Crippen molar-refractivity contribution in [3.05, 3.63) is 29.8 Å². The van der Waals surface area contributed by atoms with Gasteiger partial charge < -0.3 is 19.7 Å². The molecule has 1 aliphatic carbocycles. The van der Waals surface area contributed by atoms with Crippen LogP contribution in [-0.2, 0) is 10.2 Å². The molecule has 1 saturated carbocycles. The number of ether oxygens (including phenoxy) is 2. The summed E-state index contributed by atoms with van der Waals surface area (Å²) >= 11 is 0. The molecule has 1 aromatic rings. The number of piperidine rings is 1. The molecule has 0 amide bonds. The van der Waals surface area contributed by atoms with Crippen molar-refractivity contribution in [1.29, 1.82) is 0 Å². The number of nitrogens with one attached hydrogen (secondary N) is 1. The Labute approximate surface area is 187 Å². The van der Waals surface area contributed by atoms with Gasteiger partial charge in [0.2, 0.25) is 0 Å². The molecule has 2 fully saturated rings. The van der Waals surface area contributed by atoms with Gasteiger partial charge in [-0.05, 0) is 38.7 Å². The zero-order chi connectivity index (χ0) is 19.1. The molecule has 2 aliphatic rings. The summed E-state index contributed by atoms with van der Waals surface area (Å²) in [6, 6.07) is 8.51. The van der Waals surface area contributed by atoms with E-state index in [0.29, 0.717) is 6.10 Å². The van der Waals surface area contributed by atoms with Gasteiger partial charge in [0, 0.05) is 44.3 Å². The highest BCUT2D eigenvalue weighted by molar-refractivity contribution is 14.0. The first-order valence-corrected chi connectivity index (χ1v) is 10.4. The van der Waals surface area contributed by atoms with Gasteiger partial charge in [-0.15, -0.1) is 24.0 Å². The van der Waals surface area contributed by atoms with Gasteiger partial charge in [0.05, 0.1) is 13.2 Å². The summed E-state index contributed by atoms with van der Waals surface area (Å²) in [5, 5.41) is 3.70. The van der Waals surface area contributed by atoms with Crippen molar-refractivity contribution in [2.75, 3.05) is 40.4 Å². The lowest BCUT2D eigenvalue weighted by Crippen LogP contribution is -2.50. The number of guanidine groups is 1. The van der Waals surface area contributed by atoms with Gasteiger partial charge in [-0.1, -0.05) is 31.0 Å². The minimum atomic E-state index is 0. The number of hydrogen-bond donors (Lipinski definition) is 1.